The normalized spacial score (nSPS) is 30.3. The Labute approximate surface area is 241 Å². The van der Waals surface area contributed by atoms with Crippen LogP contribution >= 0.6 is 15.6 Å². The second-order valence-corrected chi connectivity index (χ2v) is 12.6. The molecule has 0 saturated carbocycles. The number of phosphoric acid groups is 2. The first-order valence-electron chi connectivity index (χ1n) is 12.5. The van der Waals surface area contributed by atoms with Crippen LogP contribution in [0.1, 0.15) is 29.2 Å². The molecule has 5 heterocycles. The van der Waals surface area contributed by atoms with E-state index in [1.165, 1.54) is 46.3 Å². The SMILES string of the molecule is NC(=O)c1ccc[n+]([C@@H]2O[C@H](COP(=O)(O)OP(=O)(O)OC[C@H]3O[C@@H](n4cnc5c(N)ncnc54)C[C@H]3O)C(O)[C@@H]2O)c1. The van der Waals surface area contributed by atoms with Crippen LogP contribution < -0.4 is 16.0 Å². The van der Waals surface area contributed by atoms with Crippen LogP contribution in [0.4, 0.5) is 5.82 Å². The zero-order valence-corrected chi connectivity index (χ0v) is 23.7. The van der Waals surface area contributed by atoms with Gasteiger partial charge in [-0.15, -0.1) is 0 Å². The molecule has 234 valence electrons. The quantitative estimate of drug-likeness (QED) is 0.0874. The molecule has 3 aromatic heterocycles. The molecule has 22 heteroatoms. The molecule has 3 unspecified atom stereocenters. The van der Waals surface area contributed by atoms with E-state index in [0.29, 0.717) is 11.2 Å². The molecule has 9 N–H and O–H groups in total. The number of fused-ring (bicyclic) bond motifs is 1. The molecule has 2 aliphatic rings. The van der Waals surface area contributed by atoms with Crippen LogP contribution in [-0.2, 0) is 32.0 Å². The summed E-state index contributed by atoms with van der Waals surface area (Å²) in [5, 5.41) is 31.1. The summed E-state index contributed by atoms with van der Waals surface area (Å²) in [6, 6.07) is 2.86. The van der Waals surface area contributed by atoms with Gasteiger partial charge in [-0.1, -0.05) is 0 Å². The zero-order chi connectivity index (χ0) is 31.1. The van der Waals surface area contributed by atoms with Crippen LogP contribution in [0.25, 0.3) is 11.2 Å². The van der Waals surface area contributed by atoms with Gasteiger partial charge in [-0.2, -0.15) is 8.88 Å². The van der Waals surface area contributed by atoms with E-state index in [4.69, 9.17) is 30.0 Å². The van der Waals surface area contributed by atoms with Gasteiger partial charge in [0.2, 0.25) is 0 Å². The fraction of sp³-hybridized carbons (Fsp3) is 0.476. The van der Waals surface area contributed by atoms with E-state index in [2.05, 4.69) is 19.3 Å². The molecule has 1 amide bonds. The van der Waals surface area contributed by atoms with Gasteiger partial charge in [0, 0.05) is 12.5 Å². The summed E-state index contributed by atoms with van der Waals surface area (Å²) in [6.07, 6.45) is -3.66. The lowest BCUT2D eigenvalue weighted by molar-refractivity contribution is -0.765. The minimum absolute atomic E-state index is 0.0171. The highest BCUT2D eigenvalue weighted by Crippen LogP contribution is 2.60. The Balaban J connectivity index is 1.14. The number of hydrogen-bond acceptors (Lipinski definition) is 15. The molecule has 9 atom stereocenters. The van der Waals surface area contributed by atoms with Crippen molar-refractivity contribution in [2.75, 3.05) is 18.9 Å². The van der Waals surface area contributed by atoms with Crippen LogP contribution in [0.5, 0.6) is 0 Å². The van der Waals surface area contributed by atoms with Crippen molar-refractivity contribution in [1.29, 1.82) is 0 Å². The molecular formula is C21H28N7O13P2+. The smallest absolute Gasteiger partial charge is 0.390 e. The van der Waals surface area contributed by atoms with Gasteiger partial charge in [-0.05, 0) is 6.07 Å². The third-order valence-electron chi connectivity index (χ3n) is 6.65. The highest BCUT2D eigenvalue weighted by atomic mass is 31.3. The fourth-order valence-electron chi connectivity index (χ4n) is 4.54. The minimum atomic E-state index is -5.31. The number of rotatable bonds is 11. The number of pyridine rings is 1. The standard InChI is InChI=1S/C21H27N7O13P2/c22-18-15-20(25-8-24-18)28(9-26-15)14-4-11(29)12(39-14)6-37-42(33,34)41-43(35,36)38-7-13-16(30)17(31)21(40-13)27-3-1-2-10(5-27)19(23)32/h1-3,5,8-9,11-14,16-17,21,29-31H,4,6-7H2,(H5-,22,23,24,25,32,33,34,35,36)/p+1/t11-,12-,13-,14-,16?,17+,21-/m1/s1. The Hall–Kier alpha value is -2.97. The van der Waals surface area contributed by atoms with Crippen molar-refractivity contribution < 1.29 is 66.4 Å². The molecule has 3 aromatic rings. The summed E-state index contributed by atoms with van der Waals surface area (Å²) in [4.78, 5) is 43.5. The Morgan fingerprint density at radius 2 is 1.77 bits per heavy atom. The van der Waals surface area contributed by atoms with Crippen LogP contribution in [0.3, 0.4) is 0 Å². The van der Waals surface area contributed by atoms with Crippen molar-refractivity contribution in [2.24, 2.45) is 5.73 Å². The maximum Gasteiger partial charge on any atom is 0.481 e. The van der Waals surface area contributed by atoms with Crippen LogP contribution in [0.15, 0.2) is 37.2 Å². The van der Waals surface area contributed by atoms with Crippen molar-refractivity contribution in [3.05, 3.63) is 42.7 Å². The molecule has 2 aliphatic heterocycles. The average Bonchev–Trinajstić information content (AvgIpc) is 3.62. The van der Waals surface area contributed by atoms with Crippen molar-refractivity contribution in [1.82, 2.24) is 19.5 Å². The number of amides is 1. The van der Waals surface area contributed by atoms with Gasteiger partial charge in [0.25, 0.3) is 12.1 Å². The van der Waals surface area contributed by atoms with Crippen molar-refractivity contribution in [2.45, 2.75) is 49.4 Å². The maximum atomic E-state index is 12.4. The van der Waals surface area contributed by atoms with Crippen LogP contribution in [-0.4, -0.2) is 94.3 Å². The topological polar surface area (TPSA) is 298 Å². The molecule has 2 saturated heterocycles. The highest BCUT2D eigenvalue weighted by Gasteiger charge is 2.49. The number of aromatic nitrogens is 5. The highest BCUT2D eigenvalue weighted by molar-refractivity contribution is 7.61. The summed E-state index contributed by atoms with van der Waals surface area (Å²) in [7, 11) is -10.6. The number of imidazole rings is 1. The number of anilines is 1. The van der Waals surface area contributed by atoms with Gasteiger partial charge < -0.3 is 46.0 Å². The second-order valence-electron chi connectivity index (χ2n) is 9.58. The van der Waals surface area contributed by atoms with E-state index in [9.17, 15) is 39.0 Å². The molecule has 0 radical (unpaired) electrons. The second kappa shape index (κ2) is 12.2. The number of aliphatic hydroxyl groups excluding tert-OH is 3. The summed E-state index contributed by atoms with van der Waals surface area (Å²) in [5.74, 6) is -0.618. The van der Waals surface area contributed by atoms with Gasteiger partial charge in [-0.3, -0.25) is 18.4 Å². The first-order valence-corrected chi connectivity index (χ1v) is 15.5. The third kappa shape index (κ3) is 6.91. The fourth-order valence-corrected chi connectivity index (χ4v) is 6.63. The molecule has 20 nitrogen and oxygen atoms in total. The lowest BCUT2D eigenvalue weighted by Crippen LogP contribution is -2.46. The largest absolute Gasteiger partial charge is 0.481 e. The molecule has 0 aliphatic carbocycles. The number of nitrogens with two attached hydrogens (primary N) is 2. The van der Waals surface area contributed by atoms with Gasteiger partial charge >= 0.3 is 15.6 Å². The minimum Gasteiger partial charge on any atom is -0.390 e. The van der Waals surface area contributed by atoms with E-state index in [-0.39, 0.29) is 17.8 Å². The predicted octanol–water partition coefficient (Wildman–Crippen LogP) is -1.99. The van der Waals surface area contributed by atoms with Crippen LogP contribution in [0.2, 0.25) is 0 Å². The Morgan fingerprint density at radius 1 is 1.07 bits per heavy atom. The number of hydrogen-bond donors (Lipinski definition) is 7. The van der Waals surface area contributed by atoms with Gasteiger partial charge in [-0.25, -0.2) is 24.1 Å². The number of nitrogen functional groups attached to an aromatic ring is 1. The number of phosphoric ester groups is 2. The molecule has 2 fully saturated rings. The number of carbonyl (C=O) groups excluding carboxylic acids is 1. The third-order valence-corrected chi connectivity index (χ3v) is 9.25. The number of aliphatic hydroxyl groups is 3. The number of nitrogens with zero attached hydrogens (tertiary/aromatic N) is 5. The Morgan fingerprint density at radius 3 is 2.47 bits per heavy atom. The van der Waals surface area contributed by atoms with E-state index in [1.807, 2.05) is 0 Å². The molecule has 5 rings (SSSR count). The predicted molar refractivity (Wildman–Crippen MR) is 138 cm³/mol. The first-order chi connectivity index (χ1) is 20.2. The average molecular weight is 648 g/mol. The first kappa shape index (κ1) is 31.5. The molecule has 0 bridgehead atoms. The maximum absolute atomic E-state index is 12.4. The summed E-state index contributed by atoms with van der Waals surface area (Å²) < 4.78 is 52.5. The Bertz CT molecular complexity index is 1590. The summed E-state index contributed by atoms with van der Waals surface area (Å²) in [6.45, 7) is -1.59. The molecule has 43 heavy (non-hydrogen) atoms. The molecule has 0 spiro atoms. The van der Waals surface area contributed by atoms with Crippen molar-refractivity contribution in [3.8, 4) is 0 Å². The van der Waals surface area contributed by atoms with E-state index in [1.54, 1.807) is 0 Å². The molecular weight excluding hydrogens is 620 g/mol. The number of ether oxygens (including phenoxy) is 2. The summed E-state index contributed by atoms with van der Waals surface area (Å²) in [5.41, 5.74) is 11.7. The van der Waals surface area contributed by atoms with E-state index in [0.717, 1.165) is 0 Å². The summed E-state index contributed by atoms with van der Waals surface area (Å²) >= 11 is 0. The van der Waals surface area contributed by atoms with Gasteiger partial charge in [0.1, 0.15) is 41.9 Å². The molecule has 0 aromatic carbocycles. The number of carbonyl (C=O) groups is 1. The lowest BCUT2D eigenvalue weighted by atomic mass is 10.1. The monoisotopic (exact) mass is 648 g/mol. The van der Waals surface area contributed by atoms with E-state index >= 15 is 0 Å². The van der Waals surface area contributed by atoms with Gasteiger partial charge in [0.15, 0.2) is 30.0 Å². The lowest BCUT2D eigenvalue weighted by Gasteiger charge is -2.20. The van der Waals surface area contributed by atoms with Crippen molar-refractivity contribution >= 4 is 38.5 Å². The zero-order valence-electron chi connectivity index (χ0n) is 21.9. The van der Waals surface area contributed by atoms with Crippen molar-refractivity contribution in [3.63, 3.8) is 0 Å². The number of primary amides is 1. The van der Waals surface area contributed by atoms with E-state index < -0.39 is 77.7 Å². The van der Waals surface area contributed by atoms with Crippen LogP contribution in [0, 0.1) is 0 Å². The van der Waals surface area contributed by atoms with Gasteiger partial charge in [0.05, 0.1) is 25.6 Å². The Kier molecular flexibility index (Phi) is 8.92.